The predicted molar refractivity (Wildman–Crippen MR) is 112 cm³/mol. The lowest BCUT2D eigenvalue weighted by Gasteiger charge is -2.38. The molecule has 0 bridgehead atoms. The summed E-state index contributed by atoms with van der Waals surface area (Å²) >= 11 is 0. The zero-order valence-corrected chi connectivity index (χ0v) is 20.9. The van der Waals surface area contributed by atoms with Gasteiger partial charge in [0.15, 0.2) is 8.32 Å². The van der Waals surface area contributed by atoms with Crippen LogP contribution in [-0.4, -0.2) is 77.5 Å². The summed E-state index contributed by atoms with van der Waals surface area (Å²) < 4.78 is 35.7. The minimum Gasteiger partial charge on any atom is -0.436 e. The molecule has 9 heteroatoms. The highest BCUT2D eigenvalue weighted by Gasteiger charge is 2.42. The van der Waals surface area contributed by atoms with Gasteiger partial charge < -0.3 is 27.2 Å². The zero-order chi connectivity index (χ0) is 19.9. The molecule has 5 atom stereocenters. The molecular weight excluding hydrogens is 396 g/mol. The quantitative estimate of drug-likeness (QED) is 0.274. The van der Waals surface area contributed by atoms with Crippen molar-refractivity contribution in [3.63, 3.8) is 0 Å². The fourth-order valence-corrected chi connectivity index (χ4v) is 14.0. The van der Waals surface area contributed by atoms with E-state index in [2.05, 4.69) is 40.0 Å². The third-order valence-corrected chi connectivity index (χ3v) is 14.0. The van der Waals surface area contributed by atoms with Crippen LogP contribution in [0.5, 0.6) is 0 Å². The van der Waals surface area contributed by atoms with E-state index in [1.807, 2.05) is 0 Å². The van der Waals surface area contributed by atoms with Crippen LogP contribution in [0.4, 0.5) is 0 Å². The summed E-state index contributed by atoms with van der Waals surface area (Å²) in [6, 6.07) is 1.86. The number of epoxide rings is 2. The van der Waals surface area contributed by atoms with E-state index in [9.17, 15) is 0 Å². The van der Waals surface area contributed by atoms with Crippen LogP contribution in [0.15, 0.2) is 0 Å². The molecule has 0 aliphatic carbocycles. The van der Waals surface area contributed by atoms with E-state index in [0.717, 1.165) is 38.1 Å². The van der Waals surface area contributed by atoms with Crippen molar-refractivity contribution in [2.45, 2.75) is 89.4 Å². The molecule has 27 heavy (non-hydrogen) atoms. The molecule has 0 N–H and O–H groups in total. The zero-order valence-electron chi connectivity index (χ0n) is 17.9. The predicted octanol–water partition coefficient (Wildman–Crippen LogP) is 3.35. The molecule has 6 nitrogen and oxygen atoms in total. The summed E-state index contributed by atoms with van der Waals surface area (Å²) in [5.74, 6) is 0. The van der Waals surface area contributed by atoms with Crippen LogP contribution in [0.3, 0.4) is 0 Å². The fourth-order valence-electron chi connectivity index (χ4n) is 3.37. The van der Waals surface area contributed by atoms with Crippen LogP contribution >= 0.6 is 0 Å². The Balaban J connectivity index is 1.88. The molecule has 0 amide bonds. The summed E-state index contributed by atoms with van der Waals surface area (Å²) in [7, 11) is -3.79. The minimum absolute atomic E-state index is 0.178. The van der Waals surface area contributed by atoms with Gasteiger partial charge in [-0.05, 0) is 45.1 Å². The highest BCUT2D eigenvalue weighted by atomic mass is 28.5. The van der Waals surface area contributed by atoms with Crippen molar-refractivity contribution in [1.82, 2.24) is 0 Å². The second-order valence-electron chi connectivity index (χ2n) is 8.35. The van der Waals surface area contributed by atoms with E-state index < -0.39 is 16.9 Å². The summed E-state index contributed by atoms with van der Waals surface area (Å²) in [4.78, 5) is 0. The highest BCUT2D eigenvalue weighted by Crippen LogP contribution is 2.28. The van der Waals surface area contributed by atoms with Crippen molar-refractivity contribution in [3.8, 4) is 0 Å². The van der Waals surface area contributed by atoms with Crippen LogP contribution in [0, 0.1) is 0 Å². The van der Waals surface area contributed by atoms with Crippen molar-refractivity contribution in [2.24, 2.45) is 0 Å². The molecule has 0 aromatic heterocycles. The van der Waals surface area contributed by atoms with E-state index in [4.69, 9.17) is 27.2 Å². The van der Waals surface area contributed by atoms with E-state index >= 15 is 0 Å². The Kier molecular flexibility index (Phi) is 9.63. The van der Waals surface area contributed by atoms with E-state index in [-0.39, 0.29) is 12.2 Å². The van der Waals surface area contributed by atoms with Gasteiger partial charge in [0, 0.05) is 6.04 Å². The van der Waals surface area contributed by atoms with Crippen LogP contribution in [0.25, 0.3) is 0 Å². The average molecular weight is 435 g/mol. The maximum atomic E-state index is 6.82. The van der Waals surface area contributed by atoms with Gasteiger partial charge in [0.1, 0.15) is 12.2 Å². The largest absolute Gasteiger partial charge is 0.436 e. The topological polar surface area (TPSA) is 62.0 Å². The second kappa shape index (κ2) is 11.0. The minimum atomic E-state index is -2.30. The molecule has 2 radical (unpaired) electrons. The molecule has 0 aromatic rings. The number of ether oxygens (including phenoxy) is 4. The van der Waals surface area contributed by atoms with E-state index in [1.54, 1.807) is 0 Å². The number of rotatable bonds is 16. The first-order valence-electron chi connectivity index (χ1n) is 10.3. The Morgan fingerprint density at radius 2 is 1.41 bits per heavy atom. The molecule has 0 spiro atoms. The Morgan fingerprint density at radius 1 is 0.926 bits per heavy atom. The first-order valence-corrected chi connectivity index (χ1v) is 17.3. The molecule has 0 aromatic carbocycles. The van der Waals surface area contributed by atoms with Gasteiger partial charge in [-0.25, -0.2) is 0 Å². The monoisotopic (exact) mass is 434 g/mol. The maximum Gasteiger partial charge on any atom is 0.316 e. The van der Waals surface area contributed by atoms with Crippen LogP contribution in [-0.2, 0) is 27.2 Å². The van der Waals surface area contributed by atoms with Crippen LogP contribution in [0.2, 0.25) is 38.3 Å². The van der Waals surface area contributed by atoms with Crippen LogP contribution < -0.4 is 0 Å². The molecular formula is C18H38O6Si3. The molecule has 2 saturated heterocycles. The molecule has 2 aliphatic heterocycles. The fraction of sp³-hybridized carbons (Fsp3) is 1.00. The number of hydrogen-bond acceptors (Lipinski definition) is 6. The third kappa shape index (κ3) is 9.64. The van der Waals surface area contributed by atoms with Crippen molar-refractivity contribution < 1.29 is 27.2 Å². The highest BCUT2D eigenvalue weighted by molar-refractivity contribution is 6.84. The Labute approximate surface area is 169 Å². The SMILES string of the molecule is CCC(C[Si](C)(C)O[Si](C)(CC(CC)OCC1CO1)O[Si]C)OCC1CO1. The van der Waals surface area contributed by atoms with Gasteiger partial charge in [0.25, 0.3) is 0 Å². The molecule has 2 aliphatic rings. The van der Waals surface area contributed by atoms with Gasteiger partial charge in [0.05, 0.1) is 38.6 Å². The summed E-state index contributed by atoms with van der Waals surface area (Å²) in [5.41, 5.74) is 0. The summed E-state index contributed by atoms with van der Waals surface area (Å²) in [6.45, 7) is 16.3. The van der Waals surface area contributed by atoms with Crippen molar-refractivity contribution >= 4 is 26.6 Å². The molecule has 0 saturated carbocycles. The van der Waals surface area contributed by atoms with Crippen molar-refractivity contribution in [1.29, 1.82) is 0 Å². The molecule has 2 heterocycles. The Hall–Kier alpha value is 0.411. The molecule has 2 rings (SSSR count). The van der Waals surface area contributed by atoms with Crippen molar-refractivity contribution in [3.05, 3.63) is 0 Å². The van der Waals surface area contributed by atoms with E-state index in [1.165, 1.54) is 0 Å². The first-order chi connectivity index (χ1) is 12.8. The summed E-state index contributed by atoms with van der Waals surface area (Å²) in [5, 5.41) is 0. The number of hydrogen-bond donors (Lipinski definition) is 0. The van der Waals surface area contributed by atoms with Gasteiger partial charge >= 0.3 is 8.56 Å². The first kappa shape index (κ1) is 23.7. The Morgan fingerprint density at radius 3 is 1.81 bits per heavy atom. The maximum absolute atomic E-state index is 6.82. The van der Waals surface area contributed by atoms with Gasteiger partial charge in [-0.3, -0.25) is 0 Å². The standard InChI is InChI=1S/C18H38O6Si3/c1-7-15(19-9-17-11-21-17)13-26(4,5)24-27(6,23-25-3)14-16(8-2)20-10-18-12-22-18/h15-18H,7-14H2,1-6H3. The molecule has 158 valence electrons. The van der Waals surface area contributed by atoms with Crippen LogP contribution in [0.1, 0.15) is 26.7 Å². The van der Waals surface area contributed by atoms with Gasteiger partial charge in [-0.15, -0.1) is 0 Å². The lowest BCUT2D eigenvalue weighted by Crippen LogP contribution is -2.52. The van der Waals surface area contributed by atoms with E-state index in [0.29, 0.717) is 35.2 Å². The van der Waals surface area contributed by atoms with Gasteiger partial charge in [-0.2, -0.15) is 0 Å². The lowest BCUT2D eigenvalue weighted by molar-refractivity contribution is 0.0462. The lowest BCUT2D eigenvalue weighted by atomic mass is 10.3. The van der Waals surface area contributed by atoms with Gasteiger partial charge in [-0.1, -0.05) is 13.8 Å². The van der Waals surface area contributed by atoms with Crippen molar-refractivity contribution in [2.75, 3.05) is 26.4 Å². The Bertz CT molecular complexity index is 433. The average Bonchev–Trinajstić information content (AvgIpc) is 3.49. The summed E-state index contributed by atoms with van der Waals surface area (Å²) in [6.07, 6.45) is 3.00. The smallest absolute Gasteiger partial charge is 0.316 e. The molecule has 2 fully saturated rings. The second-order valence-corrected chi connectivity index (χ2v) is 17.0. The van der Waals surface area contributed by atoms with Gasteiger partial charge in [0.2, 0.25) is 9.76 Å². The normalized spacial score (nSPS) is 26.4. The third-order valence-electron chi connectivity index (χ3n) is 4.88. The molecule has 5 unspecified atom stereocenters.